The van der Waals surface area contributed by atoms with Crippen molar-refractivity contribution < 1.29 is 14.3 Å². The van der Waals surface area contributed by atoms with E-state index in [-0.39, 0.29) is 18.3 Å². The molecule has 0 spiro atoms. The van der Waals surface area contributed by atoms with Crippen LogP contribution < -0.4 is 0 Å². The van der Waals surface area contributed by atoms with Crippen molar-refractivity contribution in [2.24, 2.45) is 7.05 Å². The summed E-state index contributed by atoms with van der Waals surface area (Å²) in [6.45, 7) is 0.726. The molecule has 2 rings (SSSR count). The van der Waals surface area contributed by atoms with E-state index >= 15 is 0 Å². The number of halogens is 1. The van der Waals surface area contributed by atoms with E-state index in [1.165, 1.54) is 12.1 Å². The first-order chi connectivity index (χ1) is 11.0. The maximum absolute atomic E-state index is 13.6. The number of aryl methyl sites for hydroxylation is 1. The van der Waals surface area contributed by atoms with E-state index in [0.29, 0.717) is 6.42 Å². The van der Waals surface area contributed by atoms with E-state index in [0.717, 1.165) is 24.1 Å². The molecule has 1 atom stereocenters. The summed E-state index contributed by atoms with van der Waals surface area (Å²) >= 11 is 0. The first-order valence-corrected chi connectivity index (χ1v) is 7.63. The second kappa shape index (κ2) is 7.87. The molecule has 0 aliphatic heterocycles. The number of unbranched alkanes of at least 4 members (excludes halogenated alkanes) is 1. The van der Waals surface area contributed by atoms with Crippen LogP contribution in [0.5, 0.6) is 0 Å². The average Bonchev–Trinajstić information content (AvgIpc) is 2.90. The number of carboxylic acid groups (broad SMARTS) is 1. The number of rotatable bonds is 8. The van der Waals surface area contributed by atoms with E-state index in [9.17, 15) is 9.18 Å². The lowest BCUT2D eigenvalue weighted by atomic mass is 9.99. The summed E-state index contributed by atoms with van der Waals surface area (Å²) in [5.41, 5.74) is 1.84. The van der Waals surface area contributed by atoms with Gasteiger partial charge in [0.2, 0.25) is 0 Å². The Morgan fingerprint density at radius 3 is 2.78 bits per heavy atom. The number of benzene rings is 1. The summed E-state index contributed by atoms with van der Waals surface area (Å²) < 4.78 is 15.3. The average molecular weight is 319 g/mol. The van der Waals surface area contributed by atoms with E-state index in [1.54, 1.807) is 16.9 Å². The molecule has 0 bridgehead atoms. The van der Waals surface area contributed by atoms with Crippen molar-refractivity contribution in [3.8, 4) is 0 Å². The van der Waals surface area contributed by atoms with Crippen molar-refractivity contribution in [2.75, 3.05) is 13.6 Å². The normalized spacial score (nSPS) is 12.5. The Bertz CT molecular complexity index is 657. The monoisotopic (exact) mass is 319 g/mol. The molecule has 23 heavy (non-hydrogen) atoms. The van der Waals surface area contributed by atoms with Gasteiger partial charge in [0.25, 0.3) is 0 Å². The minimum atomic E-state index is -0.776. The van der Waals surface area contributed by atoms with E-state index in [4.69, 9.17) is 5.11 Å². The Morgan fingerprint density at radius 1 is 1.39 bits per heavy atom. The van der Waals surface area contributed by atoms with Gasteiger partial charge in [-0.1, -0.05) is 12.1 Å². The molecule has 0 amide bonds. The van der Waals surface area contributed by atoms with Crippen molar-refractivity contribution in [3.63, 3.8) is 0 Å². The first-order valence-electron chi connectivity index (χ1n) is 7.63. The van der Waals surface area contributed by atoms with Gasteiger partial charge in [-0.25, -0.2) is 4.39 Å². The summed E-state index contributed by atoms with van der Waals surface area (Å²) in [5.74, 6) is -1.04. The van der Waals surface area contributed by atoms with Crippen LogP contribution in [0.25, 0.3) is 0 Å². The first kappa shape index (κ1) is 17.1. The zero-order valence-electron chi connectivity index (χ0n) is 13.4. The molecular weight excluding hydrogens is 297 g/mol. The number of carbonyl (C=O) groups is 1. The summed E-state index contributed by atoms with van der Waals surface area (Å²) in [6.07, 6.45) is 5.27. The molecule has 0 aliphatic carbocycles. The maximum atomic E-state index is 13.6. The Balaban J connectivity index is 2.15. The summed E-state index contributed by atoms with van der Waals surface area (Å²) in [5, 5.41) is 12.9. The van der Waals surface area contributed by atoms with E-state index in [2.05, 4.69) is 10.00 Å². The van der Waals surface area contributed by atoms with E-state index < -0.39 is 5.97 Å². The fraction of sp³-hybridized carbons (Fsp3) is 0.412. The van der Waals surface area contributed by atoms with Crippen molar-refractivity contribution in [2.45, 2.75) is 25.3 Å². The summed E-state index contributed by atoms with van der Waals surface area (Å²) in [7, 11) is 3.81. The molecular formula is C17H22FN3O2. The molecule has 0 fully saturated rings. The fourth-order valence-corrected chi connectivity index (χ4v) is 2.73. The predicted octanol–water partition coefficient (Wildman–Crippen LogP) is 2.84. The summed E-state index contributed by atoms with van der Waals surface area (Å²) in [6, 6.07) is 6.45. The topological polar surface area (TPSA) is 58.4 Å². The zero-order chi connectivity index (χ0) is 16.8. The van der Waals surface area contributed by atoms with Crippen LogP contribution in [0.2, 0.25) is 0 Å². The van der Waals surface area contributed by atoms with Gasteiger partial charge in [0.1, 0.15) is 5.82 Å². The zero-order valence-corrected chi connectivity index (χ0v) is 13.4. The highest BCUT2D eigenvalue weighted by Gasteiger charge is 2.21. The minimum absolute atomic E-state index is 0.107. The molecule has 124 valence electrons. The van der Waals surface area contributed by atoms with Crippen LogP contribution in [0.3, 0.4) is 0 Å². The Labute approximate surface area is 135 Å². The fourth-order valence-electron chi connectivity index (χ4n) is 2.73. The molecule has 0 aliphatic rings. The van der Waals surface area contributed by atoms with Crippen molar-refractivity contribution in [1.29, 1.82) is 0 Å². The molecule has 6 heteroatoms. The van der Waals surface area contributed by atoms with Gasteiger partial charge < -0.3 is 5.11 Å². The molecule has 1 unspecified atom stereocenters. The number of aromatic nitrogens is 2. The second-order valence-electron chi connectivity index (χ2n) is 5.74. The van der Waals surface area contributed by atoms with Crippen molar-refractivity contribution >= 4 is 5.97 Å². The van der Waals surface area contributed by atoms with Gasteiger partial charge in [0, 0.05) is 25.2 Å². The molecule has 0 radical (unpaired) electrons. The van der Waals surface area contributed by atoms with Gasteiger partial charge >= 0.3 is 5.97 Å². The predicted molar refractivity (Wildman–Crippen MR) is 85.6 cm³/mol. The SMILES string of the molecule is CN(CCCCC(=O)O)C(c1cccc(F)c1)c1cnn(C)c1. The van der Waals surface area contributed by atoms with Crippen LogP contribution in [-0.2, 0) is 11.8 Å². The van der Waals surface area contributed by atoms with E-state index in [1.807, 2.05) is 26.4 Å². The highest BCUT2D eigenvalue weighted by atomic mass is 19.1. The lowest BCUT2D eigenvalue weighted by Gasteiger charge is -2.28. The van der Waals surface area contributed by atoms with Crippen molar-refractivity contribution in [1.82, 2.24) is 14.7 Å². The van der Waals surface area contributed by atoms with Gasteiger partial charge in [-0.3, -0.25) is 14.4 Å². The number of hydrogen-bond donors (Lipinski definition) is 1. The van der Waals surface area contributed by atoms with Gasteiger partial charge in [-0.05, 0) is 44.1 Å². The molecule has 2 aromatic rings. The second-order valence-corrected chi connectivity index (χ2v) is 5.74. The third kappa shape index (κ3) is 4.89. The minimum Gasteiger partial charge on any atom is -0.481 e. The standard InChI is InChI=1S/C17H22FN3O2/c1-20(9-4-3-8-16(22)23)17(14-11-19-21(2)12-14)13-6-5-7-15(18)10-13/h5-7,10-12,17H,3-4,8-9H2,1-2H3,(H,22,23). The van der Waals surface area contributed by atoms with Gasteiger partial charge in [-0.15, -0.1) is 0 Å². The molecule has 1 aromatic heterocycles. The highest BCUT2D eigenvalue weighted by molar-refractivity contribution is 5.66. The van der Waals surface area contributed by atoms with Crippen LogP contribution in [0, 0.1) is 5.82 Å². The molecule has 1 heterocycles. The van der Waals surface area contributed by atoms with Crippen LogP contribution in [-0.4, -0.2) is 39.3 Å². The summed E-state index contributed by atoms with van der Waals surface area (Å²) in [4.78, 5) is 12.7. The molecule has 0 saturated heterocycles. The maximum Gasteiger partial charge on any atom is 0.303 e. The Hall–Kier alpha value is -2.21. The van der Waals surface area contributed by atoms with Gasteiger partial charge in [-0.2, -0.15) is 5.10 Å². The van der Waals surface area contributed by atoms with Crippen molar-refractivity contribution in [3.05, 3.63) is 53.6 Å². The molecule has 1 N–H and O–H groups in total. The molecule has 0 saturated carbocycles. The largest absolute Gasteiger partial charge is 0.481 e. The Kier molecular flexibility index (Phi) is 5.87. The van der Waals surface area contributed by atoms with Crippen LogP contribution in [0.1, 0.15) is 36.4 Å². The lowest BCUT2D eigenvalue weighted by molar-refractivity contribution is -0.137. The number of hydrogen-bond acceptors (Lipinski definition) is 3. The third-order valence-electron chi connectivity index (χ3n) is 3.80. The Morgan fingerprint density at radius 2 is 2.17 bits per heavy atom. The third-order valence-corrected chi connectivity index (χ3v) is 3.80. The van der Waals surface area contributed by atoms with Gasteiger partial charge in [0.15, 0.2) is 0 Å². The van der Waals surface area contributed by atoms with Crippen LogP contribution in [0.4, 0.5) is 4.39 Å². The number of aliphatic carboxylic acids is 1. The molecule has 1 aromatic carbocycles. The van der Waals surface area contributed by atoms with Crippen LogP contribution in [0.15, 0.2) is 36.7 Å². The number of nitrogens with zero attached hydrogens (tertiary/aromatic N) is 3. The number of carboxylic acids is 1. The van der Waals surface area contributed by atoms with Crippen LogP contribution >= 0.6 is 0 Å². The highest BCUT2D eigenvalue weighted by Crippen LogP contribution is 2.28. The smallest absolute Gasteiger partial charge is 0.303 e. The quantitative estimate of drug-likeness (QED) is 0.760. The lowest BCUT2D eigenvalue weighted by Crippen LogP contribution is -2.26. The molecule has 5 nitrogen and oxygen atoms in total. The van der Waals surface area contributed by atoms with Gasteiger partial charge in [0.05, 0.1) is 12.2 Å².